The van der Waals surface area contributed by atoms with Crippen LogP contribution in [0.15, 0.2) is 97.1 Å². The van der Waals surface area contributed by atoms with E-state index in [1.807, 2.05) is 24.3 Å². The first-order valence-corrected chi connectivity index (χ1v) is 14.0. The third-order valence-electron chi connectivity index (χ3n) is 8.77. The molecule has 0 amide bonds. The Morgan fingerprint density at radius 1 is 0.674 bits per heavy atom. The van der Waals surface area contributed by atoms with E-state index in [2.05, 4.69) is 102 Å². The maximum Gasteiger partial charge on any atom is 0.177 e. The van der Waals surface area contributed by atoms with Crippen molar-refractivity contribution < 1.29 is 4.39 Å². The summed E-state index contributed by atoms with van der Waals surface area (Å²) in [6.07, 6.45) is 0. The second-order valence-electron chi connectivity index (χ2n) is 11.4. The summed E-state index contributed by atoms with van der Waals surface area (Å²) in [5.74, 6) is -0.404. The van der Waals surface area contributed by atoms with Crippen LogP contribution in [0.3, 0.4) is 0 Å². The molecule has 0 unspecified atom stereocenters. The summed E-state index contributed by atoms with van der Waals surface area (Å²) in [6, 6.07) is 36.2. The largest absolute Gasteiger partial charge is 0.310 e. The first kappa shape index (κ1) is 24.9. The number of halogens is 1. The molecule has 0 radical (unpaired) electrons. The zero-order chi connectivity index (χ0) is 29.5. The lowest BCUT2D eigenvalue weighted by molar-refractivity contribution is 0.630. The zero-order valence-electron chi connectivity index (χ0n) is 23.4. The molecule has 6 heteroatoms. The molecule has 1 aliphatic heterocycles. The van der Waals surface area contributed by atoms with E-state index in [0.717, 1.165) is 44.5 Å². The predicted molar refractivity (Wildman–Crippen MR) is 166 cm³/mol. The van der Waals surface area contributed by atoms with Crippen LogP contribution >= 0.6 is 0 Å². The van der Waals surface area contributed by atoms with Gasteiger partial charge in [-0.1, -0.05) is 74.5 Å². The van der Waals surface area contributed by atoms with Gasteiger partial charge in [0, 0.05) is 27.6 Å². The molecule has 0 N–H and O–H groups in total. The Balaban J connectivity index is 1.28. The molecule has 5 nitrogen and oxygen atoms in total. The van der Waals surface area contributed by atoms with Gasteiger partial charge in [-0.2, -0.15) is 10.5 Å². The standard InChI is InChI=1S/C37H22FN5/c1-37(2)28-7-3-5-9-32(28)43(33-10-6-4-8-29(33)37)23-13-11-21(12-14-23)24-15-16-25-34-26(24)17-22(38)18-27(34)36-35(25)41-30(19-39)31(20-40)42-36/h3-18H,1-2H3. The van der Waals surface area contributed by atoms with E-state index >= 15 is 4.39 Å². The average molecular weight is 556 g/mol. The summed E-state index contributed by atoms with van der Waals surface area (Å²) in [5, 5.41) is 20.6. The van der Waals surface area contributed by atoms with Gasteiger partial charge in [0.25, 0.3) is 0 Å². The fourth-order valence-electron chi connectivity index (χ4n) is 6.79. The van der Waals surface area contributed by atoms with Gasteiger partial charge in [-0.05, 0) is 64.0 Å². The highest BCUT2D eigenvalue weighted by Gasteiger charge is 2.36. The lowest BCUT2D eigenvalue weighted by Crippen LogP contribution is -2.30. The predicted octanol–water partition coefficient (Wildman–Crippen LogP) is 8.94. The minimum absolute atomic E-state index is 0.0356. The number of nitrogens with zero attached hydrogens (tertiary/aromatic N) is 5. The molecule has 0 spiro atoms. The van der Waals surface area contributed by atoms with Crippen molar-refractivity contribution in [1.29, 1.82) is 10.5 Å². The van der Waals surface area contributed by atoms with Crippen molar-refractivity contribution in [2.75, 3.05) is 4.90 Å². The first-order chi connectivity index (χ1) is 20.9. The molecule has 0 atom stereocenters. The van der Waals surface area contributed by atoms with Crippen molar-refractivity contribution in [2.45, 2.75) is 19.3 Å². The number of rotatable bonds is 2. The summed E-state index contributed by atoms with van der Waals surface area (Å²) in [7, 11) is 0. The molecular weight excluding hydrogens is 533 g/mol. The monoisotopic (exact) mass is 555 g/mol. The second kappa shape index (κ2) is 8.82. The molecule has 1 aliphatic carbocycles. The molecule has 0 fully saturated rings. The van der Waals surface area contributed by atoms with Crippen molar-refractivity contribution >= 4 is 27.8 Å². The van der Waals surface area contributed by atoms with E-state index < -0.39 is 5.82 Å². The lowest BCUT2D eigenvalue weighted by Gasteiger charge is -2.42. The fraction of sp³-hybridized carbons (Fsp3) is 0.0811. The minimum Gasteiger partial charge on any atom is -0.310 e. The zero-order valence-corrected chi connectivity index (χ0v) is 23.4. The third kappa shape index (κ3) is 3.41. The van der Waals surface area contributed by atoms with E-state index in [0.29, 0.717) is 17.0 Å². The Labute approximate surface area is 247 Å². The van der Waals surface area contributed by atoms with Crippen LogP contribution in [0.1, 0.15) is 36.4 Å². The van der Waals surface area contributed by atoms with Crippen LogP contribution in [0.5, 0.6) is 0 Å². The van der Waals surface area contributed by atoms with Crippen LogP contribution in [-0.2, 0) is 5.41 Å². The minimum atomic E-state index is -0.404. The van der Waals surface area contributed by atoms with Crippen LogP contribution in [-0.4, -0.2) is 9.97 Å². The van der Waals surface area contributed by atoms with Gasteiger partial charge in [-0.3, -0.25) is 0 Å². The highest BCUT2D eigenvalue weighted by Crippen LogP contribution is 2.52. The van der Waals surface area contributed by atoms with E-state index in [9.17, 15) is 10.5 Å². The molecule has 6 aromatic rings. The molecule has 5 aromatic carbocycles. The number of hydrogen-bond acceptors (Lipinski definition) is 5. The SMILES string of the molecule is CC1(C)c2ccccc2N(c2ccc(-c3ccc4c5c(cc(F)cc35)-c3nc(C#N)c(C#N)nc3-4)cc2)c2ccccc21. The number of para-hydroxylation sites is 2. The van der Waals surface area contributed by atoms with Gasteiger partial charge in [0.05, 0.1) is 22.8 Å². The fourth-order valence-corrected chi connectivity index (χ4v) is 6.79. The van der Waals surface area contributed by atoms with E-state index in [-0.39, 0.29) is 16.8 Å². The number of aromatic nitrogens is 2. The molecule has 0 saturated carbocycles. The molecule has 1 aromatic heterocycles. The Kier molecular flexibility index (Phi) is 5.11. The highest BCUT2D eigenvalue weighted by atomic mass is 19.1. The van der Waals surface area contributed by atoms with Gasteiger partial charge in [-0.25, -0.2) is 14.4 Å². The summed E-state index contributed by atoms with van der Waals surface area (Å²) >= 11 is 0. The Morgan fingerprint density at radius 2 is 1.23 bits per heavy atom. The van der Waals surface area contributed by atoms with Gasteiger partial charge in [0.2, 0.25) is 0 Å². The number of fused-ring (bicyclic) bond motifs is 5. The topological polar surface area (TPSA) is 76.6 Å². The van der Waals surface area contributed by atoms with Crippen molar-refractivity contribution in [1.82, 2.24) is 9.97 Å². The van der Waals surface area contributed by atoms with Gasteiger partial charge in [-0.15, -0.1) is 0 Å². The maximum absolute atomic E-state index is 15.1. The molecule has 8 rings (SSSR count). The molecular formula is C37H22FN5. The summed E-state index contributed by atoms with van der Waals surface area (Å²) in [6.45, 7) is 4.54. The van der Waals surface area contributed by atoms with Crippen molar-refractivity contribution in [3.05, 3.63) is 125 Å². The van der Waals surface area contributed by atoms with Gasteiger partial charge >= 0.3 is 0 Å². The molecule has 202 valence electrons. The smallest absolute Gasteiger partial charge is 0.177 e. The van der Waals surface area contributed by atoms with Crippen LogP contribution in [0, 0.1) is 28.5 Å². The quantitative estimate of drug-likeness (QED) is 0.213. The molecule has 43 heavy (non-hydrogen) atoms. The Bertz CT molecular complexity index is 2200. The average Bonchev–Trinajstić information content (AvgIpc) is 3.34. The van der Waals surface area contributed by atoms with E-state index in [1.165, 1.54) is 23.3 Å². The van der Waals surface area contributed by atoms with Gasteiger partial charge in [0.15, 0.2) is 11.4 Å². The Morgan fingerprint density at radius 3 is 1.84 bits per heavy atom. The van der Waals surface area contributed by atoms with Crippen LogP contribution in [0.2, 0.25) is 0 Å². The van der Waals surface area contributed by atoms with Crippen molar-refractivity contribution in [3.63, 3.8) is 0 Å². The van der Waals surface area contributed by atoms with Crippen molar-refractivity contribution in [3.8, 4) is 45.8 Å². The van der Waals surface area contributed by atoms with Crippen LogP contribution < -0.4 is 4.90 Å². The summed E-state index contributed by atoms with van der Waals surface area (Å²) in [5.41, 5.74) is 9.72. The maximum atomic E-state index is 15.1. The van der Waals surface area contributed by atoms with E-state index in [1.54, 1.807) is 0 Å². The normalized spacial score (nSPS) is 13.6. The van der Waals surface area contributed by atoms with Gasteiger partial charge in [0.1, 0.15) is 18.0 Å². The summed E-state index contributed by atoms with van der Waals surface area (Å²) in [4.78, 5) is 11.2. The lowest BCUT2D eigenvalue weighted by atomic mass is 9.73. The van der Waals surface area contributed by atoms with E-state index in [4.69, 9.17) is 0 Å². The third-order valence-corrected chi connectivity index (χ3v) is 8.77. The molecule has 2 heterocycles. The van der Waals surface area contributed by atoms with Gasteiger partial charge < -0.3 is 4.90 Å². The number of benzene rings is 5. The summed E-state index contributed by atoms with van der Waals surface area (Å²) < 4.78 is 15.1. The second-order valence-corrected chi connectivity index (χ2v) is 11.4. The molecule has 0 saturated heterocycles. The molecule has 0 bridgehead atoms. The Hall–Kier alpha value is -5.85. The molecule has 2 aliphatic rings. The first-order valence-electron chi connectivity index (χ1n) is 14.0. The number of hydrogen-bond donors (Lipinski definition) is 0. The van der Waals surface area contributed by atoms with Crippen molar-refractivity contribution in [2.24, 2.45) is 0 Å². The number of anilines is 3. The van der Waals surface area contributed by atoms with Crippen LogP contribution in [0.4, 0.5) is 21.5 Å². The van der Waals surface area contributed by atoms with Crippen LogP contribution in [0.25, 0.3) is 44.4 Å². The highest BCUT2D eigenvalue weighted by molar-refractivity contribution is 6.17. The number of nitriles is 2.